The zero-order valence-electron chi connectivity index (χ0n) is 14.5. The number of hydrogen-bond donors (Lipinski definition) is 1. The summed E-state index contributed by atoms with van der Waals surface area (Å²) < 4.78 is 15.6. The van der Waals surface area contributed by atoms with Crippen molar-refractivity contribution in [1.82, 2.24) is 15.5 Å². The quantitative estimate of drug-likeness (QED) is 0.703. The Morgan fingerprint density at radius 2 is 2.04 bits per heavy atom. The molecule has 1 aromatic heterocycles. The molecule has 1 unspecified atom stereocenters. The molecular weight excluding hydrogens is 310 g/mol. The van der Waals surface area contributed by atoms with Gasteiger partial charge in [0.2, 0.25) is 5.89 Å². The fraction of sp³-hybridized carbons (Fsp3) is 0.471. The van der Waals surface area contributed by atoms with Crippen LogP contribution in [0, 0.1) is 0 Å². The minimum Gasteiger partial charge on any atom is -0.493 e. The van der Waals surface area contributed by atoms with Gasteiger partial charge in [-0.1, -0.05) is 5.16 Å². The van der Waals surface area contributed by atoms with E-state index in [0.29, 0.717) is 48.0 Å². The summed E-state index contributed by atoms with van der Waals surface area (Å²) >= 11 is 0. The summed E-state index contributed by atoms with van der Waals surface area (Å²) in [6.07, 6.45) is 1.39. The number of aromatic nitrogens is 2. The van der Waals surface area contributed by atoms with Crippen molar-refractivity contribution in [1.29, 1.82) is 0 Å². The topological polar surface area (TPSA) is 86.5 Å². The first kappa shape index (κ1) is 17.9. The number of methoxy groups -OCH3 is 2. The summed E-state index contributed by atoms with van der Waals surface area (Å²) in [5, 5.41) is 7.05. The highest BCUT2D eigenvalue weighted by Gasteiger charge is 2.14. The zero-order chi connectivity index (χ0) is 17.5. The molecule has 1 aromatic carbocycles. The first-order valence-corrected chi connectivity index (χ1v) is 7.81. The van der Waals surface area contributed by atoms with Crippen LogP contribution in [0.1, 0.15) is 35.4 Å². The Kier molecular flexibility index (Phi) is 6.31. The molecule has 0 spiro atoms. The number of carbonyl (C=O) groups excluding carboxylic acids is 1. The Bertz CT molecular complexity index is 684. The van der Waals surface area contributed by atoms with E-state index in [2.05, 4.69) is 15.5 Å². The first-order valence-electron chi connectivity index (χ1n) is 7.81. The molecule has 0 fully saturated rings. The Labute approximate surface area is 141 Å². The molecule has 0 radical (unpaired) electrons. The van der Waals surface area contributed by atoms with Gasteiger partial charge in [0.25, 0.3) is 0 Å². The van der Waals surface area contributed by atoms with E-state index < -0.39 is 0 Å². The van der Waals surface area contributed by atoms with Crippen LogP contribution in [0.3, 0.4) is 0 Å². The van der Waals surface area contributed by atoms with E-state index in [1.807, 2.05) is 14.0 Å². The summed E-state index contributed by atoms with van der Waals surface area (Å²) in [5.74, 6) is 2.23. The van der Waals surface area contributed by atoms with E-state index >= 15 is 0 Å². The van der Waals surface area contributed by atoms with Crippen LogP contribution >= 0.6 is 0 Å². The molecule has 24 heavy (non-hydrogen) atoms. The summed E-state index contributed by atoms with van der Waals surface area (Å²) in [7, 11) is 4.98. The van der Waals surface area contributed by atoms with Gasteiger partial charge in [-0.3, -0.25) is 4.79 Å². The van der Waals surface area contributed by atoms with Crippen LogP contribution in [0.25, 0.3) is 0 Å². The molecule has 0 saturated heterocycles. The number of Topliss-reactive ketones (excluding diaryl/α,β-unsaturated/α-hetero) is 1. The van der Waals surface area contributed by atoms with E-state index in [4.69, 9.17) is 14.0 Å². The van der Waals surface area contributed by atoms with E-state index in [9.17, 15) is 4.79 Å². The normalized spacial score (nSPS) is 12.0. The van der Waals surface area contributed by atoms with Crippen LogP contribution in [0.2, 0.25) is 0 Å². The van der Waals surface area contributed by atoms with Crippen molar-refractivity contribution in [2.75, 3.05) is 21.3 Å². The fourth-order valence-corrected chi connectivity index (χ4v) is 2.22. The van der Waals surface area contributed by atoms with Gasteiger partial charge in [0.05, 0.1) is 14.2 Å². The lowest BCUT2D eigenvalue weighted by molar-refractivity contribution is 0.0979. The van der Waals surface area contributed by atoms with E-state index in [1.165, 1.54) is 7.11 Å². The molecule has 0 amide bonds. The molecule has 0 bridgehead atoms. The molecule has 130 valence electrons. The maximum atomic E-state index is 12.3. The summed E-state index contributed by atoms with van der Waals surface area (Å²) in [5.41, 5.74) is 0.566. The van der Waals surface area contributed by atoms with Gasteiger partial charge in [0, 0.05) is 30.9 Å². The third kappa shape index (κ3) is 4.55. The minimum absolute atomic E-state index is 0.0145. The number of ether oxygens (including phenoxy) is 2. The maximum Gasteiger partial charge on any atom is 0.227 e. The summed E-state index contributed by atoms with van der Waals surface area (Å²) in [6, 6.07) is 5.38. The van der Waals surface area contributed by atoms with Gasteiger partial charge in [-0.2, -0.15) is 4.98 Å². The molecule has 1 N–H and O–H groups in total. The average Bonchev–Trinajstić information content (AvgIpc) is 3.06. The molecular formula is C17H23N3O4. The molecule has 0 aliphatic rings. The minimum atomic E-state index is -0.0145. The maximum absolute atomic E-state index is 12.3. The van der Waals surface area contributed by atoms with Crippen molar-refractivity contribution in [3.8, 4) is 11.5 Å². The van der Waals surface area contributed by atoms with Gasteiger partial charge < -0.3 is 19.3 Å². The zero-order valence-corrected chi connectivity index (χ0v) is 14.5. The van der Waals surface area contributed by atoms with Crippen molar-refractivity contribution < 1.29 is 18.8 Å². The molecule has 0 aliphatic carbocycles. The second kappa shape index (κ2) is 8.44. The standard InChI is InChI=1S/C17H23N3O4/c1-11(18-2)9-16-19-17(24-20-16)8-6-13(21)12-5-7-14(22-3)15(10-12)23-4/h5,7,10-11,18H,6,8-9H2,1-4H3. The largest absolute Gasteiger partial charge is 0.493 e. The number of rotatable bonds is 9. The number of ketones is 1. The molecule has 1 atom stereocenters. The third-order valence-corrected chi connectivity index (χ3v) is 3.76. The number of nitrogens with zero attached hydrogens (tertiary/aromatic N) is 2. The molecule has 7 nitrogen and oxygen atoms in total. The van der Waals surface area contributed by atoms with Crippen molar-refractivity contribution >= 4 is 5.78 Å². The van der Waals surface area contributed by atoms with E-state index in [1.54, 1.807) is 25.3 Å². The number of likely N-dealkylation sites (N-methyl/N-ethyl adjacent to an activating group) is 1. The summed E-state index contributed by atoms with van der Waals surface area (Å²) in [4.78, 5) is 16.6. The van der Waals surface area contributed by atoms with Crippen molar-refractivity contribution in [3.63, 3.8) is 0 Å². The van der Waals surface area contributed by atoms with Gasteiger partial charge in [-0.15, -0.1) is 0 Å². The Morgan fingerprint density at radius 1 is 1.29 bits per heavy atom. The number of benzene rings is 1. The Morgan fingerprint density at radius 3 is 2.71 bits per heavy atom. The average molecular weight is 333 g/mol. The van der Waals surface area contributed by atoms with Gasteiger partial charge in [0.15, 0.2) is 23.1 Å². The fourth-order valence-electron chi connectivity index (χ4n) is 2.22. The lowest BCUT2D eigenvalue weighted by Crippen LogP contribution is -2.24. The van der Waals surface area contributed by atoms with Crippen molar-refractivity contribution in [2.24, 2.45) is 0 Å². The molecule has 1 heterocycles. The number of hydrogen-bond acceptors (Lipinski definition) is 7. The van der Waals surface area contributed by atoms with Gasteiger partial charge in [-0.05, 0) is 32.2 Å². The predicted molar refractivity (Wildman–Crippen MR) is 88.7 cm³/mol. The monoisotopic (exact) mass is 333 g/mol. The first-order chi connectivity index (χ1) is 11.6. The van der Waals surface area contributed by atoms with Gasteiger partial charge in [-0.25, -0.2) is 0 Å². The smallest absolute Gasteiger partial charge is 0.227 e. The second-order valence-electron chi connectivity index (χ2n) is 5.49. The number of carbonyl (C=O) groups is 1. The SMILES string of the molecule is CNC(C)Cc1noc(CCC(=O)c2ccc(OC)c(OC)c2)n1. The number of nitrogens with one attached hydrogen (secondary N) is 1. The second-order valence-corrected chi connectivity index (χ2v) is 5.49. The lowest BCUT2D eigenvalue weighted by atomic mass is 10.1. The highest BCUT2D eigenvalue weighted by Crippen LogP contribution is 2.28. The Balaban J connectivity index is 1.96. The van der Waals surface area contributed by atoms with Crippen molar-refractivity contribution in [2.45, 2.75) is 32.2 Å². The molecule has 0 saturated carbocycles. The molecule has 2 rings (SSSR count). The Hall–Kier alpha value is -2.41. The van der Waals surface area contributed by atoms with Gasteiger partial charge in [0.1, 0.15) is 0 Å². The van der Waals surface area contributed by atoms with E-state index in [0.717, 1.165) is 0 Å². The molecule has 2 aromatic rings. The van der Waals surface area contributed by atoms with Crippen molar-refractivity contribution in [3.05, 3.63) is 35.5 Å². The van der Waals surface area contributed by atoms with Crippen LogP contribution in [0.5, 0.6) is 11.5 Å². The third-order valence-electron chi connectivity index (χ3n) is 3.76. The van der Waals surface area contributed by atoms with Crippen LogP contribution in [0.4, 0.5) is 0 Å². The van der Waals surface area contributed by atoms with Crippen LogP contribution in [0.15, 0.2) is 22.7 Å². The van der Waals surface area contributed by atoms with Gasteiger partial charge >= 0.3 is 0 Å². The lowest BCUT2D eigenvalue weighted by Gasteiger charge is -2.08. The predicted octanol–water partition coefficient (Wildman–Crippen LogP) is 2.05. The van der Waals surface area contributed by atoms with E-state index in [-0.39, 0.29) is 11.8 Å². The highest BCUT2D eigenvalue weighted by molar-refractivity contribution is 5.96. The molecule has 7 heteroatoms. The molecule has 0 aliphatic heterocycles. The summed E-state index contributed by atoms with van der Waals surface area (Å²) in [6.45, 7) is 2.04. The highest BCUT2D eigenvalue weighted by atomic mass is 16.5. The number of aryl methyl sites for hydroxylation is 1. The van der Waals surface area contributed by atoms with Crippen LogP contribution < -0.4 is 14.8 Å². The van der Waals surface area contributed by atoms with Crippen LogP contribution in [-0.2, 0) is 12.8 Å². The van der Waals surface area contributed by atoms with Crippen LogP contribution in [-0.4, -0.2) is 43.2 Å².